The Bertz CT molecular complexity index is 462. The van der Waals surface area contributed by atoms with E-state index in [0.717, 1.165) is 12.8 Å². The first-order chi connectivity index (χ1) is 8.89. The minimum absolute atomic E-state index is 0.0446. The van der Waals surface area contributed by atoms with E-state index in [4.69, 9.17) is 5.73 Å². The van der Waals surface area contributed by atoms with Crippen molar-refractivity contribution in [3.05, 3.63) is 35.4 Å². The summed E-state index contributed by atoms with van der Waals surface area (Å²) >= 11 is 0. The van der Waals surface area contributed by atoms with Crippen LogP contribution in [0, 0.1) is 5.41 Å². The molecule has 0 saturated carbocycles. The zero-order valence-electron chi connectivity index (χ0n) is 12.1. The molecule has 0 aliphatic heterocycles. The van der Waals surface area contributed by atoms with Crippen LogP contribution in [-0.4, -0.2) is 18.5 Å². The SMILES string of the molecule is CC(C)(C)[C@H](N)C(=O)NCC1CCc2ccccc21. The van der Waals surface area contributed by atoms with Crippen molar-refractivity contribution in [2.75, 3.05) is 6.54 Å². The fourth-order valence-corrected chi connectivity index (χ4v) is 2.58. The Kier molecular flexibility index (Phi) is 3.95. The van der Waals surface area contributed by atoms with Crippen LogP contribution in [0.25, 0.3) is 0 Å². The normalized spacial score (nSPS) is 19.9. The third-order valence-electron chi connectivity index (χ3n) is 4.00. The molecule has 1 aliphatic carbocycles. The van der Waals surface area contributed by atoms with Crippen LogP contribution >= 0.6 is 0 Å². The third kappa shape index (κ3) is 3.16. The molecule has 1 aliphatic rings. The monoisotopic (exact) mass is 260 g/mol. The second-order valence-corrected chi connectivity index (χ2v) is 6.52. The largest absolute Gasteiger partial charge is 0.354 e. The molecule has 2 rings (SSSR count). The van der Waals surface area contributed by atoms with Crippen molar-refractivity contribution in [3.63, 3.8) is 0 Å². The summed E-state index contributed by atoms with van der Waals surface area (Å²) in [6.07, 6.45) is 2.23. The van der Waals surface area contributed by atoms with Crippen LogP contribution in [0.3, 0.4) is 0 Å². The zero-order chi connectivity index (χ0) is 14.0. The maximum absolute atomic E-state index is 12.0. The molecular weight excluding hydrogens is 236 g/mol. The molecule has 104 valence electrons. The number of hydrogen-bond acceptors (Lipinski definition) is 2. The van der Waals surface area contributed by atoms with E-state index in [1.54, 1.807) is 0 Å². The lowest BCUT2D eigenvalue weighted by Gasteiger charge is -2.26. The van der Waals surface area contributed by atoms with Crippen molar-refractivity contribution in [2.24, 2.45) is 11.1 Å². The molecule has 0 bridgehead atoms. The average molecular weight is 260 g/mol. The number of carbonyl (C=O) groups excluding carboxylic acids is 1. The summed E-state index contributed by atoms with van der Waals surface area (Å²) in [6.45, 7) is 6.66. The average Bonchev–Trinajstić information content (AvgIpc) is 2.77. The third-order valence-corrected chi connectivity index (χ3v) is 4.00. The number of nitrogens with two attached hydrogens (primary N) is 1. The van der Waals surface area contributed by atoms with Crippen molar-refractivity contribution in [3.8, 4) is 0 Å². The number of carbonyl (C=O) groups is 1. The second-order valence-electron chi connectivity index (χ2n) is 6.52. The molecule has 19 heavy (non-hydrogen) atoms. The molecule has 0 fully saturated rings. The predicted molar refractivity (Wildman–Crippen MR) is 77.9 cm³/mol. The minimum Gasteiger partial charge on any atom is -0.354 e. The predicted octanol–water partition coefficient (Wildman–Crippen LogP) is 2.21. The fraction of sp³-hybridized carbons (Fsp3) is 0.562. The van der Waals surface area contributed by atoms with E-state index in [-0.39, 0.29) is 11.3 Å². The van der Waals surface area contributed by atoms with Gasteiger partial charge in [0.1, 0.15) is 0 Å². The van der Waals surface area contributed by atoms with Crippen LogP contribution in [0.15, 0.2) is 24.3 Å². The Morgan fingerprint density at radius 3 is 2.79 bits per heavy atom. The molecule has 1 aromatic rings. The summed E-state index contributed by atoms with van der Waals surface area (Å²) in [7, 11) is 0. The van der Waals surface area contributed by atoms with Crippen molar-refractivity contribution in [2.45, 2.75) is 45.6 Å². The first-order valence-electron chi connectivity index (χ1n) is 7.00. The summed E-state index contributed by atoms with van der Waals surface area (Å²) in [4.78, 5) is 12.0. The quantitative estimate of drug-likeness (QED) is 0.875. The Labute approximate surface area is 115 Å². The van der Waals surface area contributed by atoms with Gasteiger partial charge in [-0.3, -0.25) is 4.79 Å². The van der Waals surface area contributed by atoms with Gasteiger partial charge in [0.15, 0.2) is 0 Å². The van der Waals surface area contributed by atoms with Gasteiger partial charge in [-0.2, -0.15) is 0 Å². The topological polar surface area (TPSA) is 55.1 Å². The summed E-state index contributed by atoms with van der Waals surface area (Å²) in [6, 6.07) is 8.04. The van der Waals surface area contributed by atoms with E-state index in [9.17, 15) is 4.79 Å². The van der Waals surface area contributed by atoms with Gasteiger partial charge >= 0.3 is 0 Å². The second kappa shape index (κ2) is 5.33. The molecular formula is C16H24N2O. The van der Waals surface area contributed by atoms with Gasteiger partial charge in [-0.1, -0.05) is 45.0 Å². The number of aryl methyl sites for hydroxylation is 1. The Hall–Kier alpha value is -1.35. The van der Waals surface area contributed by atoms with Gasteiger partial charge in [0.25, 0.3) is 0 Å². The van der Waals surface area contributed by atoms with Gasteiger partial charge in [-0.25, -0.2) is 0 Å². The molecule has 3 nitrogen and oxygen atoms in total. The van der Waals surface area contributed by atoms with E-state index >= 15 is 0 Å². The summed E-state index contributed by atoms with van der Waals surface area (Å²) < 4.78 is 0. The van der Waals surface area contributed by atoms with Crippen molar-refractivity contribution < 1.29 is 4.79 Å². The van der Waals surface area contributed by atoms with Gasteiger partial charge in [-0.05, 0) is 29.4 Å². The van der Waals surface area contributed by atoms with Gasteiger partial charge in [-0.15, -0.1) is 0 Å². The van der Waals surface area contributed by atoms with Crippen LogP contribution in [0.1, 0.15) is 44.2 Å². The van der Waals surface area contributed by atoms with E-state index in [0.29, 0.717) is 12.5 Å². The first kappa shape index (κ1) is 14.1. The highest BCUT2D eigenvalue weighted by Crippen LogP contribution is 2.32. The first-order valence-corrected chi connectivity index (χ1v) is 7.00. The molecule has 1 amide bonds. The highest BCUT2D eigenvalue weighted by Gasteiger charge is 2.28. The van der Waals surface area contributed by atoms with Crippen LogP contribution in [0.2, 0.25) is 0 Å². The number of hydrogen-bond donors (Lipinski definition) is 2. The van der Waals surface area contributed by atoms with Crippen LogP contribution < -0.4 is 11.1 Å². The zero-order valence-corrected chi connectivity index (χ0v) is 12.1. The Morgan fingerprint density at radius 2 is 2.11 bits per heavy atom. The van der Waals surface area contributed by atoms with Crippen molar-refractivity contribution in [1.82, 2.24) is 5.32 Å². The van der Waals surface area contributed by atoms with Gasteiger partial charge in [0.05, 0.1) is 6.04 Å². The molecule has 2 atom stereocenters. The Balaban J connectivity index is 1.93. The van der Waals surface area contributed by atoms with Gasteiger partial charge < -0.3 is 11.1 Å². The molecule has 1 aromatic carbocycles. The Morgan fingerprint density at radius 1 is 1.42 bits per heavy atom. The number of benzene rings is 1. The molecule has 0 heterocycles. The maximum atomic E-state index is 12.0. The molecule has 0 radical (unpaired) electrons. The van der Waals surface area contributed by atoms with Crippen LogP contribution in [0.4, 0.5) is 0 Å². The number of amides is 1. The maximum Gasteiger partial charge on any atom is 0.237 e. The number of fused-ring (bicyclic) bond motifs is 1. The van der Waals surface area contributed by atoms with E-state index < -0.39 is 6.04 Å². The van der Waals surface area contributed by atoms with Crippen molar-refractivity contribution >= 4 is 5.91 Å². The molecule has 3 N–H and O–H groups in total. The summed E-state index contributed by atoms with van der Waals surface area (Å²) in [5, 5.41) is 3.01. The molecule has 0 saturated heterocycles. The van der Waals surface area contributed by atoms with E-state index in [1.165, 1.54) is 11.1 Å². The van der Waals surface area contributed by atoms with E-state index in [1.807, 2.05) is 20.8 Å². The smallest absolute Gasteiger partial charge is 0.237 e. The highest BCUT2D eigenvalue weighted by molar-refractivity contribution is 5.82. The standard InChI is InChI=1S/C16H24N2O/c1-16(2,3)14(17)15(19)18-10-12-9-8-11-6-4-5-7-13(11)12/h4-7,12,14H,8-10,17H2,1-3H3,(H,18,19)/t12?,14-/m1/s1. The fourth-order valence-electron chi connectivity index (χ4n) is 2.58. The van der Waals surface area contributed by atoms with Crippen LogP contribution in [0.5, 0.6) is 0 Å². The molecule has 0 spiro atoms. The molecule has 1 unspecified atom stereocenters. The lowest BCUT2D eigenvalue weighted by molar-refractivity contribution is -0.124. The van der Waals surface area contributed by atoms with E-state index in [2.05, 4.69) is 29.6 Å². The minimum atomic E-state index is -0.454. The summed E-state index contributed by atoms with van der Waals surface area (Å²) in [5.41, 5.74) is 8.56. The number of rotatable bonds is 3. The molecule has 0 aromatic heterocycles. The van der Waals surface area contributed by atoms with Gasteiger partial charge in [0.2, 0.25) is 5.91 Å². The lowest BCUT2D eigenvalue weighted by Crippen LogP contribution is -2.49. The molecule has 3 heteroatoms. The lowest BCUT2D eigenvalue weighted by atomic mass is 9.87. The van der Waals surface area contributed by atoms with Crippen LogP contribution in [-0.2, 0) is 11.2 Å². The summed E-state index contributed by atoms with van der Waals surface area (Å²) in [5.74, 6) is 0.393. The van der Waals surface area contributed by atoms with Gasteiger partial charge in [0, 0.05) is 12.5 Å². The van der Waals surface area contributed by atoms with Crippen molar-refractivity contribution in [1.29, 1.82) is 0 Å². The number of nitrogens with one attached hydrogen (secondary N) is 1. The highest BCUT2D eigenvalue weighted by atomic mass is 16.2.